The van der Waals surface area contributed by atoms with Gasteiger partial charge in [-0.05, 0) is 35.9 Å². The van der Waals surface area contributed by atoms with Gasteiger partial charge in [0.2, 0.25) is 10.2 Å². The van der Waals surface area contributed by atoms with Gasteiger partial charge in [-0.25, -0.2) is 32.4 Å². The lowest BCUT2D eigenvalue weighted by molar-refractivity contribution is -0.141. The molecule has 0 saturated carbocycles. The van der Waals surface area contributed by atoms with Crippen molar-refractivity contribution in [2.24, 2.45) is 5.14 Å². The number of carbonyl (C=O) groups is 2. The first-order valence-electron chi connectivity index (χ1n) is 11.4. The Hall–Kier alpha value is -4.15. The highest BCUT2D eigenvalue weighted by Crippen LogP contribution is 2.28. The van der Waals surface area contributed by atoms with E-state index in [1.165, 1.54) is 10.9 Å². The van der Waals surface area contributed by atoms with Crippen LogP contribution in [0.5, 0.6) is 11.5 Å². The van der Waals surface area contributed by atoms with Crippen LogP contribution >= 0.6 is 11.3 Å². The van der Waals surface area contributed by atoms with E-state index in [9.17, 15) is 27.5 Å². The molecule has 0 fully saturated rings. The topological polar surface area (TPSA) is 189 Å². The second-order valence-corrected chi connectivity index (χ2v) is 11.0. The molecule has 4 rings (SSSR count). The number of carboxylic acids is 1. The number of sulfonamides is 1. The zero-order valence-corrected chi connectivity index (χ0v) is 21.8. The molecule has 4 N–H and O–H groups in total. The molecule has 1 amide bonds. The van der Waals surface area contributed by atoms with Gasteiger partial charge in [0.1, 0.15) is 49.7 Å². The number of aromatic nitrogens is 4. The van der Waals surface area contributed by atoms with Crippen LogP contribution in [0.4, 0.5) is 4.39 Å². The normalized spacial score (nSPS) is 12.3. The summed E-state index contributed by atoms with van der Waals surface area (Å²) in [6.07, 6.45) is 1.51. The quantitative estimate of drug-likeness (QED) is 0.208. The van der Waals surface area contributed by atoms with Crippen molar-refractivity contribution >= 4 is 43.5 Å². The third-order valence-electron chi connectivity index (χ3n) is 5.20. The van der Waals surface area contributed by atoms with Crippen LogP contribution in [0.1, 0.15) is 11.3 Å². The molecule has 0 spiro atoms. The number of hydrogen-bond donors (Lipinski definition) is 3. The lowest BCUT2D eigenvalue weighted by Gasteiger charge is -2.15. The summed E-state index contributed by atoms with van der Waals surface area (Å²) in [6, 6.07) is 10.1. The minimum Gasteiger partial charge on any atom is -0.491 e. The van der Waals surface area contributed by atoms with E-state index in [-0.39, 0.29) is 30.5 Å². The molecule has 0 saturated heterocycles. The predicted octanol–water partition coefficient (Wildman–Crippen LogP) is 1.27. The number of carboxylic acid groups (broad SMARTS) is 1. The monoisotopic (exact) mass is 578 g/mol. The van der Waals surface area contributed by atoms with Gasteiger partial charge in [0.05, 0.1) is 16.4 Å². The number of nitrogens with one attached hydrogen (secondary N) is 1. The lowest BCUT2D eigenvalue weighted by atomic mass is 10.1. The number of hydrogen-bond acceptors (Lipinski definition) is 10. The molecule has 206 valence electrons. The van der Waals surface area contributed by atoms with Crippen LogP contribution in [0.25, 0.3) is 10.2 Å². The predicted molar refractivity (Wildman–Crippen MR) is 137 cm³/mol. The highest BCUT2D eigenvalue weighted by Gasteiger charge is 2.21. The Balaban J connectivity index is 1.30. The minimum absolute atomic E-state index is 0.0107. The average Bonchev–Trinajstić information content (AvgIpc) is 3.53. The van der Waals surface area contributed by atoms with E-state index in [1.54, 1.807) is 42.5 Å². The summed E-state index contributed by atoms with van der Waals surface area (Å²) < 4.78 is 47.7. The Kier molecular flexibility index (Phi) is 8.68. The van der Waals surface area contributed by atoms with E-state index >= 15 is 0 Å². The van der Waals surface area contributed by atoms with Crippen LogP contribution in [0.15, 0.2) is 53.0 Å². The number of primary sulfonamides is 1. The molecule has 0 bridgehead atoms. The third kappa shape index (κ3) is 7.68. The van der Waals surface area contributed by atoms with Crippen molar-refractivity contribution in [1.29, 1.82) is 0 Å². The number of fused-ring (bicyclic) bond motifs is 1. The SMILES string of the molecule is NS(=O)(=O)c1nc2ccc(OCc3cn(CC(=O)N[C@@H](Cc4ccc(OCCF)cc4)C(=O)O)nn3)cc2s1. The van der Waals surface area contributed by atoms with Crippen LogP contribution in [0, 0.1) is 0 Å². The standard InChI is InChI=1S/C23H23FN6O7S2/c24-7-8-36-16-3-1-14(2-4-16)9-19(22(32)33)26-21(31)12-30-11-15(28-29-30)13-37-17-5-6-18-20(10-17)38-23(27-18)39(25,34)35/h1-6,10-11,19H,7-9,12-13H2,(H,26,31)(H,32,33)(H2,25,34,35)/t19-/m0/s1. The van der Waals surface area contributed by atoms with Crippen LogP contribution in [0.2, 0.25) is 0 Å². The summed E-state index contributed by atoms with van der Waals surface area (Å²) >= 11 is 0.921. The van der Waals surface area contributed by atoms with E-state index in [4.69, 9.17) is 14.6 Å². The Labute approximate surface area is 225 Å². The van der Waals surface area contributed by atoms with Crippen molar-refractivity contribution in [3.05, 3.63) is 59.9 Å². The van der Waals surface area contributed by atoms with Gasteiger partial charge in [-0.2, -0.15) is 0 Å². The molecule has 2 heterocycles. The molecular formula is C23H23FN6O7S2. The largest absolute Gasteiger partial charge is 0.491 e. The molecule has 13 nitrogen and oxygen atoms in total. The number of halogens is 1. The fourth-order valence-electron chi connectivity index (χ4n) is 3.44. The highest BCUT2D eigenvalue weighted by atomic mass is 32.2. The summed E-state index contributed by atoms with van der Waals surface area (Å²) in [7, 11) is -3.91. The first-order valence-corrected chi connectivity index (χ1v) is 13.7. The summed E-state index contributed by atoms with van der Waals surface area (Å²) in [4.78, 5) is 28.1. The third-order valence-corrected chi connectivity index (χ3v) is 7.54. The molecule has 0 aliphatic carbocycles. The molecule has 0 unspecified atom stereocenters. The van der Waals surface area contributed by atoms with Crippen LogP contribution < -0.4 is 19.9 Å². The highest BCUT2D eigenvalue weighted by molar-refractivity contribution is 7.91. The van der Waals surface area contributed by atoms with Gasteiger partial charge in [0.15, 0.2) is 0 Å². The van der Waals surface area contributed by atoms with Crippen LogP contribution in [-0.2, 0) is 39.2 Å². The number of thiazole rings is 1. The Morgan fingerprint density at radius 1 is 1.15 bits per heavy atom. The van der Waals surface area contributed by atoms with Crippen LogP contribution in [0.3, 0.4) is 0 Å². The molecule has 0 radical (unpaired) electrons. The number of alkyl halides is 1. The summed E-state index contributed by atoms with van der Waals surface area (Å²) in [5.74, 6) is -0.892. The minimum atomic E-state index is -3.91. The van der Waals surface area contributed by atoms with Crippen molar-refractivity contribution < 1.29 is 37.0 Å². The summed E-state index contributed by atoms with van der Waals surface area (Å²) in [6.45, 7) is -0.950. The molecule has 39 heavy (non-hydrogen) atoms. The van der Waals surface area contributed by atoms with Crippen LogP contribution in [-0.4, -0.2) is 64.7 Å². The number of rotatable bonds is 13. The smallest absolute Gasteiger partial charge is 0.326 e. The molecule has 0 aliphatic heterocycles. The van der Waals surface area contributed by atoms with Gasteiger partial charge in [0.25, 0.3) is 10.0 Å². The number of amides is 1. The van der Waals surface area contributed by atoms with Gasteiger partial charge in [-0.15, -0.1) is 16.4 Å². The maximum Gasteiger partial charge on any atom is 0.326 e. The fourth-order valence-corrected chi connectivity index (χ4v) is 5.12. The van der Waals surface area contributed by atoms with Gasteiger partial charge in [0, 0.05) is 6.42 Å². The maximum atomic E-state index is 12.5. The van der Waals surface area contributed by atoms with E-state index in [2.05, 4.69) is 20.6 Å². The molecular weight excluding hydrogens is 555 g/mol. The number of benzene rings is 2. The van der Waals surface area contributed by atoms with Crippen molar-refractivity contribution in [2.75, 3.05) is 13.3 Å². The van der Waals surface area contributed by atoms with Crippen molar-refractivity contribution in [3.63, 3.8) is 0 Å². The van der Waals surface area contributed by atoms with E-state index in [0.29, 0.717) is 33.0 Å². The maximum absolute atomic E-state index is 12.5. The van der Waals surface area contributed by atoms with E-state index < -0.39 is 34.6 Å². The lowest BCUT2D eigenvalue weighted by Crippen LogP contribution is -2.43. The van der Waals surface area contributed by atoms with Gasteiger partial charge >= 0.3 is 5.97 Å². The molecule has 2 aromatic carbocycles. The molecule has 16 heteroatoms. The molecule has 4 aromatic rings. The van der Waals surface area contributed by atoms with E-state index in [0.717, 1.165) is 11.3 Å². The fraction of sp³-hybridized carbons (Fsp3) is 0.261. The van der Waals surface area contributed by atoms with Gasteiger partial charge in [-0.1, -0.05) is 17.3 Å². The molecule has 0 aliphatic rings. The summed E-state index contributed by atoms with van der Waals surface area (Å²) in [5, 5.41) is 24.9. The second-order valence-electron chi connectivity index (χ2n) is 8.19. The second kappa shape index (κ2) is 12.1. The summed E-state index contributed by atoms with van der Waals surface area (Å²) in [5.41, 5.74) is 1.52. The number of aliphatic carboxylic acids is 1. The van der Waals surface area contributed by atoms with Crippen molar-refractivity contribution in [2.45, 2.75) is 30.0 Å². The number of nitrogens with zero attached hydrogens (tertiary/aromatic N) is 4. The first kappa shape index (κ1) is 27.9. The zero-order valence-electron chi connectivity index (χ0n) is 20.2. The number of carbonyl (C=O) groups excluding carboxylic acids is 1. The molecule has 2 aromatic heterocycles. The Morgan fingerprint density at radius 2 is 1.90 bits per heavy atom. The van der Waals surface area contributed by atoms with Crippen molar-refractivity contribution in [1.82, 2.24) is 25.3 Å². The number of nitrogens with two attached hydrogens (primary N) is 1. The average molecular weight is 579 g/mol. The van der Waals surface area contributed by atoms with Crippen molar-refractivity contribution in [3.8, 4) is 11.5 Å². The Morgan fingerprint density at radius 3 is 2.59 bits per heavy atom. The van der Waals surface area contributed by atoms with Gasteiger partial charge in [-0.3, -0.25) is 4.79 Å². The van der Waals surface area contributed by atoms with E-state index in [1.807, 2.05) is 0 Å². The number of ether oxygens (including phenoxy) is 2. The Bertz CT molecular complexity index is 1570. The first-order chi connectivity index (χ1) is 18.6. The molecule has 1 atom stereocenters. The van der Waals surface area contributed by atoms with Gasteiger partial charge < -0.3 is 19.9 Å². The zero-order chi connectivity index (χ0) is 28.0.